The molecule has 1 saturated heterocycles. The summed E-state index contributed by atoms with van der Waals surface area (Å²) in [7, 11) is 1.74. The summed E-state index contributed by atoms with van der Waals surface area (Å²) in [5.74, 6) is 2.68. The number of hydrogen-bond acceptors (Lipinski definition) is 5. The maximum absolute atomic E-state index is 5.67. The number of benzene rings is 1. The minimum Gasteiger partial charge on any atom is -0.496 e. The Bertz CT molecular complexity index is 821. The zero-order valence-corrected chi connectivity index (χ0v) is 19.4. The number of aliphatic imine (C=N–C) groups is 1. The molecule has 0 bridgehead atoms. The van der Waals surface area contributed by atoms with Crippen molar-refractivity contribution in [2.75, 3.05) is 33.3 Å². The van der Waals surface area contributed by atoms with Crippen molar-refractivity contribution in [3.63, 3.8) is 0 Å². The molecule has 0 amide bonds. The first-order valence-electron chi connectivity index (χ1n) is 11.6. The normalized spacial score (nSPS) is 15.8. The Labute approximate surface area is 186 Å². The van der Waals surface area contributed by atoms with Crippen LogP contribution in [0.5, 0.6) is 5.75 Å². The van der Waals surface area contributed by atoms with Crippen molar-refractivity contribution in [2.45, 2.75) is 59.0 Å². The molecule has 0 spiro atoms. The fourth-order valence-electron chi connectivity index (χ4n) is 4.24. The van der Waals surface area contributed by atoms with E-state index in [2.05, 4.69) is 53.6 Å². The molecule has 1 atom stereocenters. The third-order valence-corrected chi connectivity index (χ3v) is 5.89. The molecule has 0 radical (unpaired) electrons. The SMILES string of the molecule is CCNC(=NCc1c(CC)noc1CC)NCC(c1ccccc1OC)N1CCCC1. The second-order valence-corrected chi connectivity index (χ2v) is 7.81. The highest BCUT2D eigenvalue weighted by Gasteiger charge is 2.26. The lowest BCUT2D eigenvalue weighted by atomic mass is 10.0. The Morgan fingerprint density at radius 1 is 1.16 bits per heavy atom. The van der Waals surface area contributed by atoms with E-state index in [9.17, 15) is 0 Å². The number of methoxy groups -OCH3 is 1. The van der Waals surface area contributed by atoms with Gasteiger partial charge in [0.1, 0.15) is 11.5 Å². The highest BCUT2D eigenvalue weighted by atomic mass is 16.5. The van der Waals surface area contributed by atoms with Crippen molar-refractivity contribution in [3.05, 3.63) is 46.8 Å². The molecule has 2 heterocycles. The average Bonchev–Trinajstić information content (AvgIpc) is 3.47. The van der Waals surface area contributed by atoms with Crippen molar-refractivity contribution in [2.24, 2.45) is 4.99 Å². The predicted molar refractivity (Wildman–Crippen MR) is 125 cm³/mol. The molecule has 31 heavy (non-hydrogen) atoms. The molecule has 1 aromatic heterocycles. The van der Waals surface area contributed by atoms with Crippen molar-refractivity contribution in [1.82, 2.24) is 20.7 Å². The quantitative estimate of drug-likeness (QED) is 0.445. The summed E-state index contributed by atoms with van der Waals surface area (Å²) in [6.45, 7) is 10.6. The second kappa shape index (κ2) is 11.7. The molecular formula is C24H37N5O2. The van der Waals surface area contributed by atoms with Gasteiger partial charge >= 0.3 is 0 Å². The molecule has 7 nitrogen and oxygen atoms in total. The van der Waals surface area contributed by atoms with Crippen LogP contribution in [0.1, 0.15) is 62.2 Å². The van der Waals surface area contributed by atoms with E-state index in [0.29, 0.717) is 6.54 Å². The van der Waals surface area contributed by atoms with E-state index in [4.69, 9.17) is 14.3 Å². The lowest BCUT2D eigenvalue weighted by Gasteiger charge is -2.30. The van der Waals surface area contributed by atoms with Crippen molar-refractivity contribution < 1.29 is 9.26 Å². The van der Waals surface area contributed by atoms with E-state index in [0.717, 1.165) is 67.7 Å². The van der Waals surface area contributed by atoms with E-state index in [1.165, 1.54) is 18.4 Å². The minimum absolute atomic E-state index is 0.232. The van der Waals surface area contributed by atoms with Gasteiger partial charge in [-0.1, -0.05) is 37.2 Å². The monoisotopic (exact) mass is 427 g/mol. The summed E-state index contributed by atoms with van der Waals surface area (Å²) in [5, 5.41) is 11.2. The Morgan fingerprint density at radius 2 is 1.94 bits per heavy atom. The van der Waals surface area contributed by atoms with Gasteiger partial charge in [0.05, 0.1) is 25.4 Å². The van der Waals surface area contributed by atoms with Gasteiger partial charge in [-0.3, -0.25) is 4.90 Å². The molecule has 0 saturated carbocycles. The van der Waals surface area contributed by atoms with Crippen LogP contribution in [0.4, 0.5) is 0 Å². The van der Waals surface area contributed by atoms with Crippen molar-refractivity contribution in [1.29, 1.82) is 0 Å². The largest absolute Gasteiger partial charge is 0.496 e. The van der Waals surface area contributed by atoms with Crippen LogP contribution in [0.3, 0.4) is 0 Å². The number of aromatic nitrogens is 1. The zero-order valence-electron chi connectivity index (χ0n) is 19.4. The van der Waals surface area contributed by atoms with Gasteiger partial charge in [0.15, 0.2) is 5.96 Å². The third kappa shape index (κ3) is 5.79. The van der Waals surface area contributed by atoms with E-state index >= 15 is 0 Å². The molecule has 1 fully saturated rings. The van der Waals surface area contributed by atoms with Gasteiger partial charge in [-0.05, 0) is 45.3 Å². The molecule has 1 aliphatic rings. The highest BCUT2D eigenvalue weighted by Crippen LogP contribution is 2.31. The predicted octanol–water partition coefficient (Wildman–Crippen LogP) is 3.70. The molecule has 170 valence electrons. The van der Waals surface area contributed by atoms with E-state index < -0.39 is 0 Å². The molecule has 2 N–H and O–H groups in total. The van der Waals surface area contributed by atoms with Gasteiger partial charge in [-0.15, -0.1) is 0 Å². The van der Waals surface area contributed by atoms with Crippen LogP contribution < -0.4 is 15.4 Å². The highest BCUT2D eigenvalue weighted by molar-refractivity contribution is 5.79. The smallest absolute Gasteiger partial charge is 0.191 e. The second-order valence-electron chi connectivity index (χ2n) is 7.81. The number of guanidine groups is 1. The van der Waals surface area contributed by atoms with Gasteiger partial charge < -0.3 is 19.9 Å². The molecule has 2 aromatic rings. The molecular weight excluding hydrogens is 390 g/mol. The maximum atomic E-state index is 5.67. The van der Waals surface area contributed by atoms with Crippen LogP contribution in [0.15, 0.2) is 33.8 Å². The van der Waals surface area contributed by atoms with Crippen LogP contribution >= 0.6 is 0 Å². The summed E-state index contributed by atoms with van der Waals surface area (Å²) in [6.07, 6.45) is 4.16. The van der Waals surface area contributed by atoms with Crippen LogP contribution in [0.2, 0.25) is 0 Å². The number of rotatable bonds is 10. The Morgan fingerprint density at radius 3 is 2.61 bits per heavy atom. The molecule has 7 heteroatoms. The number of nitrogens with zero attached hydrogens (tertiary/aromatic N) is 3. The van der Waals surface area contributed by atoms with Gasteiger partial charge in [-0.2, -0.15) is 0 Å². The summed E-state index contributed by atoms with van der Waals surface area (Å²) in [4.78, 5) is 7.39. The van der Waals surface area contributed by atoms with E-state index in [1.807, 2.05) is 12.1 Å². The number of nitrogens with one attached hydrogen (secondary N) is 2. The average molecular weight is 428 g/mol. The molecule has 1 aromatic carbocycles. The molecule has 3 rings (SSSR count). The lowest BCUT2D eigenvalue weighted by Crippen LogP contribution is -2.42. The molecule has 1 unspecified atom stereocenters. The fourth-order valence-corrected chi connectivity index (χ4v) is 4.24. The van der Waals surface area contributed by atoms with E-state index in [-0.39, 0.29) is 6.04 Å². The van der Waals surface area contributed by atoms with Crippen molar-refractivity contribution >= 4 is 5.96 Å². The van der Waals surface area contributed by atoms with Gasteiger partial charge in [-0.25, -0.2) is 4.99 Å². The number of ether oxygens (including phenoxy) is 1. The van der Waals surface area contributed by atoms with Crippen LogP contribution in [-0.4, -0.2) is 49.3 Å². The first kappa shape index (κ1) is 23.1. The van der Waals surface area contributed by atoms with E-state index in [1.54, 1.807) is 7.11 Å². The topological polar surface area (TPSA) is 74.9 Å². The first-order chi connectivity index (χ1) is 15.2. The summed E-state index contributed by atoms with van der Waals surface area (Å²) >= 11 is 0. The van der Waals surface area contributed by atoms with Crippen molar-refractivity contribution in [3.8, 4) is 5.75 Å². The zero-order chi connectivity index (χ0) is 22.1. The maximum Gasteiger partial charge on any atom is 0.191 e. The minimum atomic E-state index is 0.232. The summed E-state index contributed by atoms with van der Waals surface area (Å²) in [6, 6.07) is 8.56. The fraction of sp³-hybridized carbons (Fsp3) is 0.583. The number of aryl methyl sites for hydroxylation is 2. The third-order valence-electron chi connectivity index (χ3n) is 5.89. The first-order valence-corrected chi connectivity index (χ1v) is 11.6. The van der Waals surface area contributed by atoms with Crippen LogP contribution in [0.25, 0.3) is 0 Å². The Hall–Kier alpha value is -2.54. The Kier molecular flexibility index (Phi) is 8.76. The lowest BCUT2D eigenvalue weighted by molar-refractivity contribution is 0.239. The van der Waals surface area contributed by atoms with Gasteiger partial charge in [0, 0.05) is 30.6 Å². The number of hydrogen-bond donors (Lipinski definition) is 2. The molecule has 0 aliphatic carbocycles. The summed E-state index contributed by atoms with van der Waals surface area (Å²) in [5.41, 5.74) is 3.33. The number of likely N-dealkylation sites (tertiary alicyclic amines) is 1. The van der Waals surface area contributed by atoms with Gasteiger partial charge in [0.2, 0.25) is 0 Å². The standard InChI is InChI=1S/C24H37N5O2/c1-5-20-19(22(6-2)31-28-20)16-26-24(25-7-3)27-17-21(29-14-10-11-15-29)18-12-8-9-13-23(18)30-4/h8-9,12-13,21H,5-7,10-11,14-17H2,1-4H3,(H2,25,26,27). The van der Waals surface area contributed by atoms with Crippen LogP contribution in [-0.2, 0) is 19.4 Å². The summed E-state index contributed by atoms with van der Waals surface area (Å²) < 4.78 is 11.2. The molecule has 1 aliphatic heterocycles. The number of para-hydroxylation sites is 1. The Balaban J connectivity index is 1.77. The van der Waals surface area contributed by atoms with Crippen LogP contribution in [0, 0.1) is 0 Å². The van der Waals surface area contributed by atoms with Gasteiger partial charge in [0.25, 0.3) is 0 Å².